The first-order chi connectivity index (χ1) is 15.7. The van der Waals surface area contributed by atoms with E-state index < -0.39 is 0 Å². The number of rotatable bonds is 8. The molecule has 1 aliphatic rings. The highest BCUT2D eigenvalue weighted by Crippen LogP contribution is 2.35. The molecule has 1 heterocycles. The van der Waals surface area contributed by atoms with Gasteiger partial charge in [-0.25, -0.2) is 0 Å². The zero-order valence-corrected chi connectivity index (χ0v) is 17.9. The van der Waals surface area contributed by atoms with Gasteiger partial charge in [-0.3, -0.25) is 15.0 Å². The van der Waals surface area contributed by atoms with Gasteiger partial charge in [-0.05, 0) is 23.3 Å². The van der Waals surface area contributed by atoms with Crippen molar-refractivity contribution in [1.82, 2.24) is 4.90 Å². The number of nitrogens with one attached hydrogen (secondary N) is 1. The summed E-state index contributed by atoms with van der Waals surface area (Å²) in [6.07, 6.45) is 0. The van der Waals surface area contributed by atoms with Gasteiger partial charge in [0.25, 0.3) is 5.69 Å². The van der Waals surface area contributed by atoms with E-state index in [0.29, 0.717) is 12.2 Å². The summed E-state index contributed by atoms with van der Waals surface area (Å²) < 4.78 is 0. The number of anilines is 2. The van der Waals surface area contributed by atoms with Crippen molar-refractivity contribution < 1.29 is 10.0 Å². The van der Waals surface area contributed by atoms with Gasteiger partial charge in [0.2, 0.25) is 0 Å². The van der Waals surface area contributed by atoms with Crippen LogP contribution >= 0.6 is 0 Å². The number of hydrogen-bond acceptors (Lipinski definition) is 6. The highest BCUT2D eigenvalue weighted by Gasteiger charge is 2.23. The van der Waals surface area contributed by atoms with Crippen molar-refractivity contribution in [2.45, 2.75) is 6.04 Å². The predicted octanol–water partition coefficient (Wildman–Crippen LogP) is 3.91. The van der Waals surface area contributed by atoms with Gasteiger partial charge in [0.05, 0.1) is 17.6 Å². The highest BCUT2D eigenvalue weighted by atomic mass is 16.6. The molecule has 0 unspecified atom stereocenters. The van der Waals surface area contributed by atoms with Gasteiger partial charge < -0.3 is 15.3 Å². The molecule has 0 atom stereocenters. The van der Waals surface area contributed by atoms with Crippen LogP contribution in [0, 0.1) is 10.1 Å². The number of aliphatic hydroxyl groups excluding tert-OH is 1. The van der Waals surface area contributed by atoms with Gasteiger partial charge in [-0.1, -0.05) is 60.7 Å². The fourth-order valence-electron chi connectivity index (χ4n) is 4.17. The second-order valence-corrected chi connectivity index (χ2v) is 7.91. The lowest BCUT2D eigenvalue weighted by Crippen LogP contribution is -2.47. The van der Waals surface area contributed by atoms with Gasteiger partial charge in [-0.2, -0.15) is 0 Å². The average molecular weight is 433 g/mol. The van der Waals surface area contributed by atoms with E-state index in [9.17, 15) is 10.1 Å². The second-order valence-electron chi connectivity index (χ2n) is 7.91. The van der Waals surface area contributed by atoms with Crippen molar-refractivity contribution in [2.24, 2.45) is 0 Å². The third-order valence-electron chi connectivity index (χ3n) is 5.90. The Morgan fingerprint density at radius 3 is 2.03 bits per heavy atom. The van der Waals surface area contributed by atoms with E-state index in [2.05, 4.69) is 15.1 Å². The zero-order valence-electron chi connectivity index (χ0n) is 17.9. The summed E-state index contributed by atoms with van der Waals surface area (Å²) in [7, 11) is 0. The summed E-state index contributed by atoms with van der Waals surface area (Å²) in [6, 6.07) is 25.0. The molecule has 0 aliphatic carbocycles. The van der Waals surface area contributed by atoms with E-state index in [1.807, 2.05) is 72.8 Å². The molecule has 0 aromatic heterocycles. The number of piperazine rings is 1. The van der Waals surface area contributed by atoms with Gasteiger partial charge >= 0.3 is 0 Å². The summed E-state index contributed by atoms with van der Waals surface area (Å²) in [5.74, 6) is 0. The number of nitro benzene ring substituents is 1. The average Bonchev–Trinajstić information content (AvgIpc) is 2.84. The van der Waals surface area contributed by atoms with Crippen molar-refractivity contribution in [2.75, 3.05) is 49.5 Å². The van der Waals surface area contributed by atoms with Crippen LogP contribution in [0.1, 0.15) is 17.2 Å². The monoisotopic (exact) mass is 432 g/mol. The molecule has 1 fully saturated rings. The molecule has 1 saturated heterocycles. The summed E-state index contributed by atoms with van der Waals surface area (Å²) in [5, 5.41) is 24.4. The SMILES string of the molecule is O=[N+]([O-])c1ccc(N2CCN(CCO)CC2)cc1NC(c1ccccc1)c1ccccc1. The summed E-state index contributed by atoms with van der Waals surface area (Å²) in [6.45, 7) is 4.19. The van der Waals surface area contributed by atoms with Gasteiger partial charge in [0, 0.05) is 44.5 Å². The van der Waals surface area contributed by atoms with Crippen LogP contribution < -0.4 is 10.2 Å². The van der Waals surface area contributed by atoms with Crippen LogP contribution in [0.2, 0.25) is 0 Å². The number of nitro groups is 1. The minimum Gasteiger partial charge on any atom is -0.395 e. The lowest BCUT2D eigenvalue weighted by atomic mass is 9.98. The molecule has 0 bridgehead atoms. The number of β-amino-alcohol motifs (C(OH)–C–C–N with tert-alkyl or cyclic N) is 1. The molecule has 166 valence electrons. The molecular weight excluding hydrogens is 404 g/mol. The van der Waals surface area contributed by atoms with Gasteiger partial charge in [0.15, 0.2) is 0 Å². The molecule has 0 saturated carbocycles. The molecule has 7 nitrogen and oxygen atoms in total. The topological polar surface area (TPSA) is 81.9 Å². The van der Waals surface area contributed by atoms with Gasteiger partial charge in [-0.15, -0.1) is 0 Å². The quantitative estimate of drug-likeness (QED) is 0.415. The standard InChI is InChI=1S/C25H28N4O3/c30-18-17-27-13-15-28(16-14-27)22-11-12-24(29(31)32)23(19-22)26-25(20-7-3-1-4-8-20)21-9-5-2-6-10-21/h1-12,19,25-26,30H,13-18H2. The third kappa shape index (κ3) is 5.07. The van der Waals surface area contributed by atoms with Crippen LogP contribution in [-0.2, 0) is 0 Å². The first-order valence-corrected chi connectivity index (χ1v) is 10.9. The lowest BCUT2D eigenvalue weighted by molar-refractivity contribution is -0.384. The van der Waals surface area contributed by atoms with Crippen LogP contribution in [-0.4, -0.2) is 54.3 Å². The zero-order chi connectivity index (χ0) is 22.3. The number of hydrogen-bond donors (Lipinski definition) is 2. The maximum Gasteiger partial charge on any atom is 0.292 e. The normalized spacial score (nSPS) is 14.5. The Kier molecular flexibility index (Phi) is 6.99. The van der Waals surface area contributed by atoms with Crippen molar-refractivity contribution in [3.63, 3.8) is 0 Å². The van der Waals surface area contributed by atoms with E-state index in [0.717, 1.165) is 43.0 Å². The third-order valence-corrected chi connectivity index (χ3v) is 5.90. The van der Waals surface area contributed by atoms with Crippen LogP contribution in [0.5, 0.6) is 0 Å². The maximum absolute atomic E-state index is 11.8. The molecule has 32 heavy (non-hydrogen) atoms. The minimum atomic E-state index is -0.335. The van der Waals surface area contributed by atoms with E-state index >= 15 is 0 Å². The van der Waals surface area contributed by atoms with Crippen LogP contribution in [0.4, 0.5) is 17.1 Å². The molecule has 7 heteroatoms. The first-order valence-electron chi connectivity index (χ1n) is 10.9. The largest absolute Gasteiger partial charge is 0.395 e. The Hall–Kier alpha value is -3.42. The summed E-state index contributed by atoms with van der Waals surface area (Å²) >= 11 is 0. The van der Waals surface area contributed by atoms with Crippen molar-refractivity contribution >= 4 is 17.1 Å². The Morgan fingerprint density at radius 1 is 0.906 bits per heavy atom. The van der Waals surface area contributed by atoms with Crippen molar-refractivity contribution in [1.29, 1.82) is 0 Å². The number of benzene rings is 3. The van der Waals surface area contributed by atoms with Crippen molar-refractivity contribution in [3.05, 3.63) is 100 Å². The van der Waals surface area contributed by atoms with Crippen LogP contribution in [0.15, 0.2) is 78.9 Å². The second kappa shape index (κ2) is 10.3. The van der Waals surface area contributed by atoms with Crippen LogP contribution in [0.3, 0.4) is 0 Å². The molecule has 0 radical (unpaired) electrons. The molecule has 2 N–H and O–H groups in total. The van der Waals surface area contributed by atoms with E-state index in [1.165, 1.54) is 0 Å². The maximum atomic E-state index is 11.8. The molecule has 3 aromatic rings. The Morgan fingerprint density at radius 2 is 1.50 bits per heavy atom. The molecule has 4 rings (SSSR count). The fourth-order valence-corrected chi connectivity index (χ4v) is 4.17. The minimum absolute atomic E-state index is 0.0597. The number of nitrogens with zero attached hydrogens (tertiary/aromatic N) is 3. The van der Waals surface area contributed by atoms with E-state index in [4.69, 9.17) is 5.11 Å². The Balaban J connectivity index is 1.65. The fraction of sp³-hybridized carbons (Fsp3) is 0.280. The highest BCUT2D eigenvalue weighted by molar-refractivity contribution is 5.70. The Bertz CT molecular complexity index is 982. The number of aliphatic hydroxyl groups is 1. The Labute approximate surface area is 188 Å². The van der Waals surface area contributed by atoms with Crippen LogP contribution in [0.25, 0.3) is 0 Å². The smallest absolute Gasteiger partial charge is 0.292 e. The van der Waals surface area contributed by atoms with E-state index in [1.54, 1.807) is 6.07 Å². The summed E-state index contributed by atoms with van der Waals surface area (Å²) in [5.41, 5.74) is 3.60. The molecule has 0 spiro atoms. The molecule has 0 amide bonds. The van der Waals surface area contributed by atoms with Gasteiger partial charge in [0.1, 0.15) is 5.69 Å². The van der Waals surface area contributed by atoms with Crippen molar-refractivity contribution in [3.8, 4) is 0 Å². The first kappa shape index (κ1) is 21.8. The molecular formula is C25H28N4O3. The lowest BCUT2D eigenvalue weighted by Gasteiger charge is -2.36. The molecule has 3 aromatic carbocycles. The summed E-state index contributed by atoms with van der Waals surface area (Å²) in [4.78, 5) is 15.9. The predicted molar refractivity (Wildman–Crippen MR) is 127 cm³/mol. The van der Waals surface area contributed by atoms with E-state index in [-0.39, 0.29) is 23.3 Å². The molecule has 1 aliphatic heterocycles.